The second kappa shape index (κ2) is 6.19. The number of rotatable bonds is 0. The van der Waals surface area contributed by atoms with Gasteiger partial charge in [0.2, 0.25) is 0 Å². The van der Waals surface area contributed by atoms with E-state index < -0.39 is 12.1 Å². The molecule has 0 aliphatic carbocycles. The molecule has 0 fully saturated rings. The monoisotopic (exact) mass is 172 g/mol. The van der Waals surface area contributed by atoms with Crippen molar-refractivity contribution < 1.29 is 9.59 Å². The Kier molecular flexibility index (Phi) is 7.36. The molecule has 4 amide bonds. The van der Waals surface area contributed by atoms with Gasteiger partial charge in [-0.25, -0.2) is 26.7 Å². The van der Waals surface area contributed by atoms with Crippen LogP contribution in [0.1, 0.15) is 0 Å². The van der Waals surface area contributed by atoms with E-state index in [1.165, 1.54) is 0 Å². The molecule has 0 saturated carbocycles. The van der Waals surface area contributed by atoms with E-state index in [0.29, 0.717) is 5.12 Å². The predicted octanol–water partition coefficient (Wildman–Crippen LogP) is -3.32. The van der Waals surface area contributed by atoms with E-state index in [9.17, 15) is 9.59 Å². The van der Waals surface area contributed by atoms with Crippen molar-refractivity contribution in [2.24, 2.45) is 17.4 Å². The first kappa shape index (κ1) is 13.1. The summed E-state index contributed by atoms with van der Waals surface area (Å²) in [6.45, 7) is 0. The zero-order valence-corrected chi connectivity index (χ0v) is 5.00. The molecule has 60 valence electrons. The summed E-state index contributed by atoms with van der Waals surface area (Å²) in [5.41, 5.74) is 8.01. The average Bonchev–Trinajstić information content (AvgIpc) is 1.85. The molecule has 0 aromatic heterocycles. The van der Waals surface area contributed by atoms with Crippen LogP contribution in [0.5, 0.6) is 0 Å². The molecule has 11 heavy (non-hydrogen) atoms. The van der Waals surface area contributed by atoms with Crippen molar-refractivity contribution in [3.05, 3.63) is 0 Å². The van der Waals surface area contributed by atoms with Crippen LogP contribution in [0, 0.1) is 0 Å². The Labute approximate surface area is 84.6 Å². The van der Waals surface area contributed by atoms with E-state index >= 15 is 0 Å². The summed E-state index contributed by atoms with van der Waals surface area (Å²) in [7, 11) is 0. The van der Waals surface area contributed by atoms with E-state index in [0.717, 1.165) is 0 Å². The van der Waals surface area contributed by atoms with Crippen LogP contribution in [0.4, 0.5) is 9.59 Å². The third-order valence-electron chi connectivity index (χ3n) is 0.573. The summed E-state index contributed by atoms with van der Waals surface area (Å²) >= 11 is 0. The van der Waals surface area contributed by atoms with Crippen molar-refractivity contribution in [2.45, 2.75) is 0 Å². The minimum atomic E-state index is -0.953. The molecule has 0 aromatic rings. The summed E-state index contributed by atoms with van der Waals surface area (Å²) in [6.07, 6.45) is 0. The van der Waals surface area contributed by atoms with Crippen LogP contribution in [0.25, 0.3) is 0 Å². The topological polar surface area (TPSA) is 140 Å². The fourth-order valence-electron chi connectivity index (χ4n) is 0.239. The van der Waals surface area contributed by atoms with E-state index in [1.54, 1.807) is 10.9 Å². The van der Waals surface area contributed by atoms with Crippen molar-refractivity contribution in [1.29, 1.82) is 0 Å². The molecule has 0 saturated heterocycles. The van der Waals surface area contributed by atoms with Gasteiger partial charge in [0.25, 0.3) is 0 Å². The van der Waals surface area contributed by atoms with Gasteiger partial charge in [-0.2, -0.15) is 5.12 Å². The zero-order valence-electron chi connectivity index (χ0n) is 5.00. The van der Waals surface area contributed by atoms with E-state index in [-0.39, 0.29) is 29.6 Å². The zero-order chi connectivity index (χ0) is 8.15. The van der Waals surface area contributed by atoms with E-state index in [1.807, 2.05) is 0 Å². The Morgan fingerprint density at radius 1 is 1.36 bits per heavy atom. The Morgan fingerprint density at radius 2 is 1.82 bits per heavy atom. The molecule has 0 bridgehead atoms. The second-order valence-electron chi connectivity index (χ2n) is 1.30. The number of carbonyl (C=O) groups excluding carboxylic acids is 2. The molecule has 0 unspecified atom stereocenters. The number of nitrogens with one attached hydrogen (secondary N) is 2. The summed E-state index contributed by atoms with van der Waals surface area (Å²) < 4.78 is 0. The van der Waals surface area contributed by atoms with Crippen LogP contribution in [0.2, 0.25) is 0 Å². The molecular formula is C2H9N6NaO2. The number of amides is 4. The standard InChI is InChI=1S/C2H8N6O2.Na.H/c3-1(9)7-8(5)2(10)6-4;;/h4-5H2,(H,6,10)(H3,3,7,9);;. The third-order valence-corrected chi connectivity index (χ3v) is 0.573. The third kappa shape index (κ3) is 5.88. The number of nitrogens with zero attached hydrogens (tertiary/aromatic N) is 1. The number of hydrogen-bond acceptors (Lipinski definition) is 4. The van der Waals surface area contributed by atoms with Gasteiger partial charge in [0, 0.05) is 0 Å². The number of urea groups is 2. The van der Waals surface area contributed by atoms with Gasteiger partial charge in [0.15, 0.2) is 0 Å². The molecule has 8 N–H and O–H groups in total. The van der Waals surface area contributed by atoms with Crippen LogP contribution < -0.4 is 28.3 Å². The fourth-order valence-corrected chi connectivity index (χ4v) is 0.239. The number of primary amides is 1. The first-order valence-electron chi connectivity index (χ1n) is 2.19. The summed E-state index contributed by atoms with van der Waals surface area (Å²) in [6, 6.07) is -1.83. The normalized spacial score (nSPS) is 7.45. The van der Waals surface area contributed by atoms with Crippen LogP contribution in [0.3, 0.4) is 0 Å². The summed E-state index contributed by atoms with van der Waals surface area (Å²) in [4.78, 5) is 20.3. The van der Waals surface area contributed by atoms with Gasteiger partial charge in [0.05, 0.1) is 0 Å². The number of hydrogen-bond donors (Lipinski definition) is 5. The van der Waals surface area contributed by atoms with Gasteiger partial charge in [-0.05, 0) is 0 Å². The van der Waals surface area contributed by atoms with Crippen molar-refractivity contribution in [3.63, 3.8) is 0 Å². The van der Waals surface area contributed by atoms with Gasteiger partial charge in [-0.1, -0.05) is 0 Å². The van der Waals surface area contributed by atoms with Crippen LogP contribution in [0.15, 0.2) is 0 Å². The Bertz CT molecular complexity index is 150. The number of hydrazine groups is 3. The molecule has 0 atom stereocenters. The van der Waals surface area contributed by atoms with Crippen LogP contribution >= 0.6 is 0 Å². The van der Waals surface area contributed by atoms with Gasteiger partial charge in [-0.3, -0.25) is 5.43 Å². The molecule has 0 spiro atoms. The summed E-state index contributed by atoms with van der Waals surface area (Å²) in [5, 5.41) is 0.322. The first-order valence-corrected chi connectivity index (χ1v) is 2.19. The second-order valence-corrected chi connectivity index (χ2v) is 1.30. The maximum atomic E-state index is 10.3. The van der Waals surface area contributed by atoms with Crippen LogP contribution in [-0.4, -0.2) is 46.7 Å². The number of nitrogens with two attached hydrogens (primary N) is 3. The Morgan fingerprint density at radius 3 is 2.09 bits per heavy atom. The molecule has 0 aromatic carbocycles. The molecule has 8 nitrogen and oxygen atoms in total. The molecule has 0 heterocycles. The van der Waals surface area contributed by atoms with Gasteiger partial charge < -0.3 is 5.73 Å². The molecule has 0 rings (SSSR count). The van der Waals surface area contributed by atoms with E-state index in [4.69, 9.17) is 5.84 Å². The van der Waals surface area contributed by atoms with E-state index in [2.05, 4.69) is 11.6 Å². The maximum absolute atomic E-state index is 10.3. The van der Waals surface area contributed by atoms with Crippen molar-refractivity contribution in [2.75, 3.05) is 0 Å². The molecule has 9 heteroatoms. The molecular weight excluding hydrogens is 163 g/mol. The molecule has 0 aliphatic heterocycles. The molecule has 0 radical (unpaired) electrons. The van der Waals surface area contributed by atoms with Gasteiger partial charge in [-0.15, -0.1) is 0 Å². The van der Waals surface area contributed by atoms with Crippen molar-refractivity contribution in [3.8, 4) is 0 Å². The predicted molar refractivity (Wildman–Crippen MR) is 38.6 cm³/mol. The Hall–Kier alpha value is -0.540. The van der Waals surface area contributed by atoms with Crippen molar-refractivity contribution >= 4 is 41.6 Å². The Balaban J connectivity index is 0. The van der Waals surface area contributed by atoms with Gasteiger partial charge >= 0.3 is 41.6 Å². The van der Waals surface area contributed by atoms with Gasteiger partial charge in [0.1, 0.15) is 0 Å². The molecule has 0 aliphatic rings. The average molecular weight is 172 g/mol. The van der Waals surface area contributed by atoms with Crippen LogP contribution in [-0.2, 0) is 0 Å². The fraction of sp³-hybridized carbons (Fsp3) is 0. The minimum absolute atomic E-state index is 0. The number of carbonyl (C=O) groups is 2. The quantitative estimate of drug-likeness (QED) is 0.113. The summed E-state index contributed by atoms with van der Waals surface area (Å²) in [5.74, 6) is 9.49. The first-order chi connectivity index (χ1) is 4.57. The SMILES string of the molecule is NNC(=O)N(N)NC(N)=O.[NaH]. The van der Waals surface area contributed by atoms with Crippen molar-refractivity contribution in [1.82, 2.24) is 16.0 Å².